The van der Waals surface area contributed by atoms with Crippen molar-refractivity contribution in [3.8, 4) is 0 Å². The molecule has 8 nitrogen and oxygen atoms in total. The van der Waals surface area contributed by atoms with E-state index in [0.717, 1.165) is 11.7 Å². The fraction of sp³-hybridized carbons (Fsp3) is 0. The van der Waals surface area contributed by atoms with Crippen molar-refractivity contribution in [1.29, 1.82) is 0 Å². The zero-order valence-electron chi connectivity index (χ0n) is 9.52. The van der Waals surface area contributed by atoms with Gasteiger partial charge < -0.3 is 11.1 Å². The second-order valence-electron chi connectivity index (χ2n) is 3.67. The van der Waals surface area contributed by atoms with Gasteiger partial charge in [0.1, 0.15) is 11.0 Å². The molecule has 0 spiro atoms. The largest absolute Gasteiger partial charge is 0.366 e. The first-order valence-electron chi connectivity index (χ1n) is 5.15. The van der Waals surface area contributed by atoms with E-state index < -0.39 is 5.91 Å². The number of nitrogens with zero attached hydrogens (tertiary/aromatic N) is 4. The zero-order valence-corrected chi connectivity index (χ0v) is 11.8. The minimum absolute atomic E-state index is 0.0298. The number of aromatic nitrogens is 5. The monoisotopic (exact) mass is 329 g/mol. The normalized spacial score (nSPS) is 10.9. The Morgan fingerprint density at radius 3 is 2.75 bits per heavy atom. The van der Waals surface area contributed by atoms with Crippen molar-refractivity contribution in [1.82, 2.24) is 23.9 Å². The van der Waals surface area contributed by atoms with Crippen molar-refractivity contribution < 1.29 is 4.79 Å². The van der Waals surface area contributed by atoms with Crippen LogP contribution in [0.25, 0.3) is 11.0 Å². The maximum atomic E-state index is 12.0. The van der Waals surface area contributed by atoms with Crippen LogP contribution in [0.2, 0.25) is 10.0 Å². The Balaban J connectivity index is 2.02. The van der Waals surface area contributed by atoms with Gasteiger partial charge in [-0.05, 0) is 6.07 Å². The van der Waals surface area contributed by atoms with Crippen molar-refractivity contribution in [2.75, 3.05) is 11.1 Å². The van der Waals surface area contributed by atoms with Gasteiger partial charge in [0, 0.05) is 0 Å². The van der Waals surface area contributed by atoms with Gasteiger partial charge in [0.15, 0.2) is 0 Å². The Kier molecular flexibility index (Phi) is 3.16. The third-order valence-corrected chi connectivity index (χ3v) is 3.51. The fourth-order valence-electron chi connectivity index (χ4n) is 1.54. The van der Waals surface area contributed by atoms with Crippen molar-refractivity contribution >= 4 is 63.5 Å². The van der Waals surface area contributed by atoms with Crippen molar-refractivity contribution in [3.05, 3.63) is 21.9 Å². The molecular formula is C9H5Cl2N7OS. The summed E-state index contributed by atoms with van der Waals surface area (Å²) < 4.78 is 8.11. The number of aromatic amines is 1. The molecule has 0 aliphatic rings. The van der Waals surface area contributed by atoms with Gasteiger partial charge >= 0.3 is 0 Å². The lowest BCUT2D eigenvalue weighted by Gasteiger charge is -2.06. The van der Waals surface area contributed by atoms with E-state index in [9.17, 15) is 4.79 Å². The van der Waals surface area contributed by atoms with Gasteiger partial charge in [-0.2, -0.15) is 13.7 Å². The highest BCUT2D eigenvalue weighted by Gasteiger charge is 2.18. The number of hydrogen-bond acceptors (Lipinski definition) is 7. The highest BCUT2D eigenvalue weighted by atomic mass is 35.5. The highest BCUT2D eigenvalue weighted by Crippen LogP contribution is 2.35. The molecule has 4 N–H and O–H groups in total. The van der Waals surface area contributed by atoms with Crippen LogP contribution in [0.3, 0.4) is 0 Å². The zero-order chi connectivity index (χ0) is 14.3. The van der Waals surface area contributed by atoms with Crippen molar-refractivity contribution in [2.24, 2.45) is 0 Å². The average molecular weight is 330 g/mol. The molecule has 20 heavy (non-hydrogen) atoms. The fourth-order valence-corrected chi connectivity index (χ4v) is 2.70. The van der Waals surface area contributed by atoms with Gasteiger partial charge in [0.25, 0.3) is 5.91 Å². The Hall–Kier alpha value is -1.97. The maximum absolute atomic E-state index is 12.0. The van der Waals surface area contributed by atoms with E-state index in [1.807, 2.05) is 0 Å². The molecule has 0 fully saturated rings. The number of nitrogen functional groups attached to an aromatic ring is 1. The number of nitrogens with one attached hydrogen (secondary N) is 2. The average Bonchev–Trinajstić information content (AvgIpc) is 3.02. The molecule has 0 unspecified atom stereocenters. The lowest BCUT2D eigenvalue weighted by molar-refractivity contribution is 0.101. The molecular weight excluding hydrogens is 325 g/mol. The Morgan fingerprint density at radius 1 is 1.30 bits per heavy atom. The van der Waals surface area contributed by atoms with E-state index in [1.165, 1.54) is 6.07 Å². The first-order valence-corrected chi connectivity index (χ1v) is 6.64. The third kappa shape index (κ3) is 2.15. The molecule has 0 atom stereocenters. The van der Waals surface area contributed by atoms with Crippen LogP contribution in [0.5, 0.6) is 0 Å². The Morgan fingerprint density at radius 2 is 2.05 bits per heavy atom. The van der Waals surface area contributed by atoms with Gasteiger partial charge in [-0.1, -0.05) is 23.2 Å². The summed E-state index contributed by atoms with van der Waals surface area (Å²) >= 11 is 13.0. The van der Waals surface area contributed by atoms with Crippen LogP contribution in [0.15, 0.2) is 6.07 Å². The number of carbonyl (C=O) groups is 1. The smallest absolute Gasteiger partial charge is 0.293 e. The minimum Gasteiger partial charge on any atom is -0.366 e. The molecule has 0 bridgehead atoms. The second-order valence-corrected chi connectivity index (χ2v) is 5.02. The number of benzene rings is 1. The number of anilines is 2. The predicted octanol–water partition coefficient (Wildman–Crippen LogP) is 1.95. The summed E-state index contributed by atoms with van der Waals surface area (Å²) in [4.78, 5) is 15.7. The molecule has 3 aromatic rings. The summed E-state index contributed by atoms with van der Waals surface area (Å²) in [5.41, 5.74) is 6.52. The first kappa shape index (κ1) is 13.0. The highest BCUT2D eigenvalue weighted by molar-refractivity contribution is 7.00. The summed E-state index contributed by atoms with van der Waals surface area (Å²) in [6.07, 6.45) is 0. The van der Waals surface area contributed by atoms with Crippen LogP contribution < -0.4 is 11.1 Å². The number of amides is 1. The topological polar surface area (TPSA) is 122 Å². The summed E-state index contributed by atoms with van der Waals surface area (Å²) in [6, 6.07) is 1.48. The Bertz CT molecular complexity index is 814. The Labute approximate surface area is 125 Å². The summed E-state index contributed by atoms with van der Waals surface area (Å²) in [5, 5.41) is 9.16. The first-order chi connectivity index (χ1) is 9.56. The maximum Gasteiger partial charge on any atom is 0.293 e. The van der Waals surface area contributed by atoms with Crippen LogP contribution in [-0.2, 0) is 0 Å². The molecule has 1 amide bonds. The summed E-state index contributed by atoms with van der Waals surface area (Å²) in [5.74, 6) is -0.615. The van der Waals surface area contributed by atoms with E-state index in [-0.39, 0.29) is 16.8 Å². The van der Waals surface area contributed by atoms with Gasteiger partial charge in [-0.25, -0.2) is 0 Å². The van der Waals surface area contributed by atoms with Crippen molar-refractivity contribution in [2.45, 2.75) is 0 Å². The number of carbonyl (C=O) groups excluding carboxylic acids is 1. The number of fused-ring (bicyclic) bond motifs is 1. The standard InChI is InChI=1S/C9H5Cl2N7OS/c10-2-1-3(11)5-6(18-20-17-5)4(2)13-8(19)7-14-9(12)16-15-7/h1H,(H,13,19)(H3,12,14,15,16). The third-order valence-electron chi connectivity index (χ3n) is 2.40. The van der Waals surface area contributed by atoms with E-state index >= 15 is 0 Å². The summed E-state index contributed by atoms with van der Waals surface area (Å²) in [6.45, 7) is 0. The minimum atomic E-state index is -0.548. The van der Waals surface area contributed by atoms with Gasteiger partial charge in [-0.3, -0.25) is 9.89 Å². The molecule has 0 aliphatic carbocycles. The number of rotatable bonds is 2. The van der Waals surface area contributed by atoms with E-state index in [2.05, 4.69) is 29.2 Å². The molecule has 102 valence electrons. The quantitative estimate of drug-likeness (QED) is 0.660. The molecule has 0 aliphatic heterocycles. The molecule has 0 saturated carbocycles. The lowest BCUT2D eigenvalue weighted by Crippen LogP contribution is -2.14. The van der Waals surface area contributed by atoms with Crippen molar-refractivity contribution in [3.63, 3.8) is 0 Å². The van der Waals surface area contributed by atoms with Gasteiger partial charge in [-0.15, -0.1) is 5.10 Å². The summed E-state index contributed by atoms with van der Waals surface area (Å²) in [7, 11) is 0. The SMILES string of the molecule is Nc1n[nH]c(C(=O)Nc2c(Cl)cc(Cl)c3nsnc23)n1. The molecule has 11 heteroatoms. The molecule has 0 radical (unpaired) electrons. The number of nitrogens with two attached hydrogens (primary N) is 1. The van der Waals surface area contributed by atoms with Crippen LogP contribution in [-0.4, -0.2) is 29.8 Å². The van der Waals surface area contributed by atoms with Gasteiger partial charge in [0.05, 0.1) is 27.5 Å². The molecule has 2 heterocycles. The van der Waals surface area contributed by atoms with Gasteiger partial charge in [0.2, 0.25) is 11.8 Å². The van der Waals surface area contributed by atoms with Crippen LogP contribution in [0, 0.1) is 0 Å². The van der Waals surface area contributed by atoms with Crippen LogP contribution in [0.1, 0.15) is 10.6 Å². The predicted molar refractivity (Wildman–Crippen MR) is 76.2 cm³/mol. The number of H-pyrrole nitrogens is 1. The molecule has 0 saturated heterocycles. The number of halogens is 2. The second kappa shape index (κ2) is 4.85. The van der Waals surface area contributed by atoms with Crippen LogP contribution >= 0.6 is 34.9 Å². The molecule has 3 rings (SSSR count). The number of hydrogen-bond donors (Lipinski definition) is 3. The van der Waals surface area contributed by atoms with E-state index in [1.54, 1.807) is 0 Å². The molecule has 2 aromatic heterocycles. The van der Waals surface area contributed by atoms with E-state index in [0.29, 0.717) is 21.7 Å². The molecule has 1 aromatic carbocycles. The lowest BCUT2D eigenvalue weighted by atomic mass is 10.2. The van der Waals surface area contributed by atoms with E-state index in [4.69, 9.17) is 28.9 Å². The van der Waals surface area contributed by atoms with Crippen LogP contribution in [0.4, 0.5) is 11.6 Å².